The zero-order valence-corrected chi connectivity index (χ0v) is 14.8. The van der Waals surface area contributed by atoms with Gasteiger partial charge in [-0.25, -0.2) is 0 Å². The maximum atomic E-state index is 11.9. The Morgan fingerprint density at radius 3 is 2.59 bits per heavy atom. The first kappa shape index (κ1) is 18.5. The van der Waals surface area contributed by atoms with Crippen LogP contribution in [-0.4, -0.2) is 18.4 Å². The molecule has 0 aliphatic heterocycles. The third kappa shape index (κ3) is 6.47. The Balaban J connectivity index is 2.56. The molecule has 0 aliphatic carbocycles. The number of amides is 2. The van der Waals surface area contributed by atoms with E-state index in [1.165, 1.54) is 0 Å². The first-order valence-corrected chi connectivity index (χ1v) is 8.24. The summed E-state index contributed by atoms with van der Waals surface area (Å²) in [5.74, 6) is 0.713. The van der Waals surface area contributed by atoms with Crippen molar-refractivity contribution in [1.29, 1.82) is 0 Å². The molecule has 1 aromatic rings. The molecular weight excluding hydrogens is 348 g/mol. The van der Waals surface area contributed by atoms with Crippen LogP contribution >= 0.6 is 15.9 Å². The average Bonchev–Trinajstić information content (AvgIpc) is 2.46. The average molecular weight is 371 g/mol. The van der Waals surface area contributed by atoms with Crippen molar-refractivity contribution in [2.45, 2.75) is 40.0 Å². The second-order valence-corrected chi connectivity index (χ2v) is 6.28. The highest BCUT2D eigenvalue weighted by Crippen LogP contribution is 2.26. The number of hydrazine groups is 1. The van der Waals surface area contributed by atoms with Gasteiger partial charge in [-0.2, -0.15) is 0 Å². The molecule has 0 bridgehead atoms. The molecule has 2 amide bonds. The van der Waals surface area contributed by atoms with Crippen molar-refractivity contribution in [3.8, 4) is 5.75 Å². The highest BCUT2D eigenvalue weighted by molar-refractivity contribution is 9.10. The lowest BCUT2D eigenvalue weighted by Gasteiger charge is -2.11. The Morgan fingerprint density at radius 1 is 1.27 bits per heavy atom. The van der Waals surface area contributed by atoms with Crippen LogP contribution in [-0.2, 0) is 4.79 Å². The summed E-state index contributed by atoms with van der Waals surface area (Å²) < 4.78 is 6.38. The number of hydrogen-bond donors (Lipinski definition) is 2. The lowest BCUT2D eigenvalue weighted by atomic mass is 10.1. The molecule has 122 valence electrons. The second kappa shape index (κ2) is 9.46. The van der Waals surface area contributed by atoms with Crippen LogP contribution < -0.4 is 15.6 Å². The van der Waals surface area contributed by atoms with Crippen LogP contribution in [0.2, 0.25) is 0 Å². The maximum Gasteiger partial charge on any atom is 0.269 e. The number of ether oxygens (including phenoxy) is 1. The monoisotopic (exact) mass is 370 g/mol. The molecule has 1 aromatic carbocycles. The molecule has 0 fully saturated rings. The number of carbonyl (C=O) groups is 2. The molecule has 0 saturated heterocycles. The standard InChI is InChI=1S/C16H23BrN2O3/c1-4-5-15(20)18-19-16(21)12-6-7-14(13(17)10-12)22-9-8-11(2)3/h6-7,10-11H,4-5,8-9H2,1-3H3,(H,18,20)(H,19,21). The largest absolute Gasteiger partial charge is 0.492 e. The van der Waals surface area contributed by atoms with Gasteiger partial charge in [0, 0.05) is 12.0 Å². The fraction of sp³-hybridized carbons (Fsp3) is 0.500. The van der Waals surface area contributed by atoms with Gasteiger partial charge in [-0.1, -0.05) is 20.8 Å². The summed E-state index contributed by atoms with van der Waals surface area (Å²) >= 11 is 3.40. The van der Waals surface area contributed by atoms with Crippen molar-refractivity contribution in [2.75, 3.05) is 6.61 Å². The van der Waals surface area contributed by atoms with E-state index < -0.39 is 0 Å². The number of hydrogen-bond acceptors (Lipinski definition) is 3. The number of rotatable bonds is 7. The van der Waals surface area contributed by atoms with E-state index in [2.05, 4.69) is 40.6 Å². The third-order valence-corrected chi connectivity index (χ3v) is 3.56. The van der Waals surface area contributed by atoms with Gasteiger partial charge in [-0.05, 0) is 52.9 Å². The summed E-state index contributed by atoms with van der Waals surface area (Å²) in [5, 5.41) is 0. The second-order valence-electron chi connectivity index (χ2n) is 5.43. The molecule has 0 unspecified atom stereocenters. The van der Waals surface area contributed by atoms with E-state index in [4.69, 9.17) is 4.74 Å². The summed E-state index contributed by atoms with van der Waals surface area (Å²) in [6.45, 7) is 6.81. The van der Waals surface area contributed by atoms with Crippen LogP contribution in [0.3, 0.4) is 0 Å². The first-order valence-electron chi connectivity index (χ1n) is 7.45. The topological polar surface area (TPSA) is 67.4 Å². The minimum atomic E-state index is -0.362. The van der Waals surface area contributed by atoms with Crippen molar-refractivity contribution >= 4 is 27.7 Å². The summed E-state index contributed by atoms with van der Waals surface area (Å²) in [5.41, 5.74) is 5.21. The van der Waals surface area contributed by atoms with Gasteiger partial charge in [0.05, 0.1) is 11.1 Å². The molecular formula is C16H23BrN2O3. The van der Waals surface area contributed by atoms with Gasteiger partial charge in [-0.3, -0.25) is 20.4 Å². The van der Waals surface area contributed by atoms with Crippen LogP contribution in [0, 0.1) is 5.92 Å². The zero-order valence-electron chi connectivity index (χ0n) is 13.2. The molecule has 5 nitrogen and oxygen atoms in total. The number of halogens is 1. The molecule has 0 heterocycles. The Morgan fingerprint density at radius 2 is 2.00 bits per heavy atom. The Labute approximate surface area is 139 Å². The van der Waals surface area contributed by atoms with Gasteiger partial charge in [0.1, 0.15) is 5.75 Å². The molecule has 1 rings (SSSR count). The van der Waals surface area contributed by atoms with Crippen molar-refractivity contribution < 1.29 is 14.3 Å². The Bertz CT molecular complexity index is 518. The maximum absolute atomic E-state index is 11.9. The molecule has 0 spiro atoms. The number of nitrogens with one attached hydrogen (secondary N) is 2. The number of benzene rings is 1. The fourth-order valence-corrected chi connectivity index (χ4v) is 2.15. The predicted molar refractivity (Wildman–Crippen MR) is 89.6 cm³/mol. The summed E-state index contributed by atoms with van der Waals surface area (Å²) in [6, 6.07) is 5.08. The van der Waals surface area contributed by atoms with Crippen molar-refractivity contribution in [3.63, 3.8) is 0 Å². The van der Waals surface area contributed by atoms with Gasteiger partial charge >= 0.3 is 0 Å². The SMILES string of the molecule is CCCC(=O)NNC(=O)c1ccc(OCCC(C)C)c(Br)c1. The molecule has 0 aromatic heterocycles. The van der Waals surface area contributed by atoms with E-state index in [1.807, 2.05) is 6.92 Å². The minimum absolute atomic E-state index is 0.205. The summed E-state index contributed by atoms with van der Waals surface area (Å²) in [4.78, 5) is 23.3. The van der Waals surface area contributed by atoms with E-state index >= 15 is 0 Å². The minimum Gasteiger partial charge on any atom is -0.492 e. The highest BCUT2D eigenvalue weighted by Gasteiger charge is 2.10. The molecule has 0 atom stereocenters. The third-order valence-electron chi connectivity index (χ3n) is 2.94. The zero-order chi connectivity index (χ0) is 16.5. The van der Waals surface area contributed by atoms with E-state index in [0.29, 0.717) is 34.7 Å². The van der Waals surface area contributed by atoms with Crippen LogP contribution in [0.4, 0.5) is 0 Å². The van der Waals surface area contributed by atoms with Gasteiger partial charge < -0.3 is 4.74 Å². The molecule has 0 radical (unpaired) electrons. The Hall–Kier alpha value is -1.56. The molecule has 2 N–H and O–H groups in total. The predicted octanol–water partition coefficient (Wildman–Crippen LogP) is 3.44. The Kier molecular flexibility index (Phi) is 7.95. The first-order chi connectivity index (χ1) is 10.4. The van der Waals surface area contributed by atoms with Crippen LogP contribution in [0.15, 0.2) is 22.7 Å². The van der Waals surface area contributed by atoms with Crippen LogP contribution in [0.25, 0.3) is 0 Å². The summed E-state index contributed by atoms with van der Waals surface area (Å²) in [7, 11) is 0. The molecule has 22 heavy (non-hydrogen) atoms. The number of carbonyl (C=O) groups excluding carboxylic acids is 2. The summed E-state index contributed by atoms with van der Waals surface area (Å²) in [6.07, 6.45) is 2.08. The lowest BCUT2D eigenvalue weighted by molar-refractivity contribution is -0.121. The van der Waals surface area contributed by atoms with Crippen molar-refractivity contribution in [3.05, 3.63) is 28.2 Å². The van der Waals surface area contributed by atoms with Gasteiger partial charge in [0.2, 0.25) is 5.91 Å². The van der Waals surface area contributed by atoms with Crippen LogP contribution in [0.5, 0.6) is 5.75 Å². The van der Waals surface area contributed by atoms with E-state index in [0.717, 1.165) is 12.8 Å². The fourth-order valence-electron chi connectivity index (χ4n) is 1.65. The van der Waals surface area contributed by atoms with Crippen molar-refractivity contribution in [1.82, 2.24) is 10.9 Å². The van der Waals surface area contributed by atoms with Gasteiger partial charge in [0.25, 0.3) is 5.91 Å². The van der Waals surface area contributed by atoms with E-state index in [9.17, 15) is 9.59 Å². The molecule has 0 saturated carbocycles. The van der Waals surface area contributed by atoms with E-state index in [-0.39, 0.29) is 11.8 Å². The smallest absolute Gasteiger partial charge is 0.269 e. The molecule has 6 heteroatoms. The van der Waals surface area contributed by atoms with E-state index in [1.54, 1.807) is 18.2 Å². The van der Waals surface area contributed by atoms with Crippen LogP contribution in [0.1, 0.15) is 50.4 Å². The normalized spacial score (nSPS) is 10.4. The van der Waals surface area contributed by atoms with Gasteiger partial charge in [-0.15, -0.1) is 0 Å². The van der Waals surface area contributed by atoms with Crippen molar-refractivity contribution in [2.24, 2.45) is 5.92 Å². The van der Waals surface area contributed by atoms with Gasteiger partial charge in [0.15, 0.2) is 0 Å². The lowest BCUT2D eigenvalue weighted by Crippen LogP contribution is -2.41. The molecule has 0 aliphatic rings. The highest BCUT2D eigenvalue weighted by atomic mass is 79.9. The quantitative estimate of drug-likeness (QED) is 0.722.